The SMILES string of the molecule is C=C/C(=C(C)\C=N/CC(=N)/C=C\NC(C)(C)CO)n1c(C)cc(OCc2ncc(F)cc2F)c(Cl)c1=O. The fourth-order valence-corrected chi connectivity index (χ4v) is 3.22. The minimum absolute atomic E-state index is 0.0268. The molecule has 0 amide bonds. The van der Waals surface area contributed by atoms with Crippen LogP contribution >= 0.6 is 11.6 Å². The minimum atomic E-state index is -0.873. The van der Waals surface area contributed by atoms with Crippen LogP contribution in [0.1, 0.15) is 32.2 Å². The van der Waals surface area contributed by atoms with Gasteiger partial charge in [0.2, 0.25) is 0 Å². The summed E-state index contributed by atoms with van der Waals surface area (Å²) in [5.41, 5.74) is 0.507. The summed E-state index contributed by atoms with van der Waals surface area (Å²) < 4.78 is 33.8. The van der Waals surface area contributed by atoms with Crippen molar-refractivity contribution in [2.75, 3.05) is 13.2 Å². The average molecular weight is 534 g/mol. The fourth-order valence-electron chi connectivity index (χ4n) is 3.02. The third kappa shape index (κ3) is 8.19. The predicted octanol–water partition coefficient (Wildman–Crippen LogP) is 4.44. The highest BCUT2D eigenvalue weighted by Crippen LogP contribution is 2.25. The van der Waals surface area contributed by atoms with Crippen LogP contribution < -0.4 is 15.6 Å². The summed E-state index contributed by atoms with van der Waals surface area (Å²) in [5, 5.41) is 20.0. The number of pyridine rings is 2. The average Bonchev–Trinajstić information content (AvgIpc) is 2.83. The zero-order chi connectivity index (χ0) is 27.8. The second-order valence-electron chi connectivity index (χ2n) is 8.76. The van der Waals surface area contributed by atoms with Crippen LogP contribution in [0.2, 0.25) is 5.02 Å². The molecule has 0 aromatic carbocycles. The normalized spacial score (nSPS) is 12.6. The van der Waals surface area contributed by atoms with Gasteiger partial charge in [-0.25, -0.2) is 8.78 Å². The van der Waals surface area contributed by atoms with Gasteiger partial charge in [0.1, 0.15) is 28.9 Å². The number of aromatic nitrogens is 2. The molecular formula is C26H30ClF2N5O3. The summed E-state index contributed by atoms with van der Waals surface area (Å²) in [6.07, 6.45) is 7.00. The molecule has 2 aromatic heterocycles. The van der Waals surface area contributed by atoms with Crippen molar-refractivity contribution in [3.63, 3.8) is 0 Å². The van der Waals surface area contributed by atoms with E-state index >= 15 is 0 Å². The number of halogens is 3. The van der Waals surface area contributed by atoms with E-state index in [4.69, 9.17) is 21.7 Å². The number of aryl methyl sites for hydroxylation is 1. The van der Waals surface area contributed by atoms with Gasteiger partial charge in [0.05, 0.1) is 36.3 Å². The van der Waals surface area contributed by atoms with Gasteiger partial charge in [0, 0.05) is 24.0 Å². The van der Waals surface area contributed by atoms with E-state index in [2.05, 4.69) is 21.9 Å². The minimum Gasteiger partial charge on any atom is -0.485 e. The van der Waals surface area contributed by atoms with Crippen molar-refractivity contribution in [1.29, 1.82) is 5.41 Å². The Kier molecular flexibility index (Phi) is 10.5. The van der Waals surface area contributed by atoms with Crippen LogP contribution in [0.25, 0.3) is 5.70 Å². The number of aliphatic hydroxyl groups excluding tert-OH is 1. The van der Waals surface area contributed by atoms with Crippen LogP contribution in [-0.4, -0.2) is 45.3 Å². The molecule has 0 aliphatic carbocycles. The van der Waals surface area contributed by atoms with Crippen molar-refractivity contribution < 1.29 is 18.6 Å². The highest BCUT2D eigenvalue weighted by molar-refractivity contribution is 6.31. The summed E-state index contributed by atoms with van der Waals surface area (Å²) in [5.74, 6) is -1.66. The van der Waals surface area contributed by atoms with Crippen molar-refractivity contribution in [1.82, 2.24) is 14.9 Å². The Bertz CT molecular complexity index is 1320. The maximum absolute atomic E-state index is 13.9. The van der Waals surface area contributed by atoms with Gasteiger partial charge < -0.3 is 20.6 Å². The maximum atomic E-state index is 13.9. The quantitative estimate of drug-likeness (QED) is 0.276. The molecule has 8 nitrogen and oxygen atoms in total. The topological polar surface area (TPSA) is 113 Å². The highest BCUT2D eigenvalue weighted by Gasteiger charge is 2.16. The Morgan fingerprint density at radius 1 is 1.41 bits per heavy atom. The number of aliphatic imine (C=N–C) groups is 1. The van der Waals surface area contributed by atoms with E-state index in [1.54, 1.807) is 26.1 Å². The van der Waals surface area contributed by atoms with Crippen molar-refractivity contribution in [2.24, 2.45) is 4.99 Å². The largest absolute Gasteiger partial charge is 0.485 e. The van der Waals surface area contributed by atoms with E-state index < -0.39 is 22.7 Å². The molecule has 0 aliphatic rings. The van der Waals surface area contributed by atoms with E-state index in [0.29, 0.717) is 23.0 Å². The molecule has 0 radical (unpaired) electrons. The molecular weight excluding hydrogens is 504 g/mol. The van der Waals surface area contributed by atoms with E-state index in [1.807, 2.05) is 13.8 Å². The molecule has 0 spiro atoms. The second kappa shape index (κ2) is 13.1. The lowest BCUT2D eigenvalue weighted by atomic mass is 10.1. The number of aliphatic hydroxyl groups is 1. The first-order valence-corrected chi connectivity index (χ1v) is 11.6. The van der Waals surface area contributed by atoms with Crippen LogP contribution in [0.15, 0.2) is 58.6 Å². The van der Waals surface area contributed by atoms with Gasteiger partial charge in [-0.15, -0.1) is 0 Å². The standard InChI is InChI=1S/C26H30ClF2N5O3/c1-6-22(16(2)11-31-13-19(30)7-8-33-26(4,5)15-35)34-17(3)9-23(24(27)25(34)36)37-14-21-20(29)10-18(28)12-32-21/h6-12,30,33,35H,1,13-15H2,2-5H3/b8-7-,22-16+,30-19?,31-11-. The summed E-state index contributed by atoms with van der Waals surface area (Å²) in [7, 11) is 0. The summed E-state index contributed by atoms with van der Waals surface area (Å²) in [4.78, 5) is 21.0. The van der Waals surface area contributed by atoms with E-state index in [0.717, 1.165) is 6.20 Å². The summed E-state index contributed by atoms with van der Waals surface area (Å²) in [6, 6.07) is 2.20. The Morgan fingerprint density at radius 3 is 2.73 bits per heavy atom. The van der Waals surface area contributed by atoms with Crippen LogP contribution in [-0.2, 0) is 6.61 Å². The van der Waals surface area contributed by atoms with Gasteiger partial charge in [-0.2, -0.15) is 0 Å². The monoisotopic (exact) mass is 533 g/mol. The third-order valence-electron chi connectivity index (χ3n) is 5.09. The van der Waals surface area contributed by atoms with Crippen molar-refractivity contribution >= 4 is 29.2 Å². The van der Waals surface area contributed by atoms with E-state index in [9.17, 15) is 18.7 Å². The molecule has 0 fully saturated rings. The van der Waals surface area contributed by atoms with Crippen LogP contribution in [0.5, 0.6) is 5.75 Å². The first-order valence-electron chi connectivity index (χ1n) is 11.2. The van der Waals surface area contributed by atoms with E-state index in [1.165, 1.54) is 22.9 Å². The Hall–Kier alpha value is -3.63. The summed E-state index contributed by atoms with van der Waals surface area (Å²) >= 11 is 6.26. The zero-order valence-corrected chi connectivity index (χ0v) is 21.9. The molecule has 2 aromatic rings. The predicted molar refractivity (Wildman–Crippen MR) is 143 cm³/mol. The number of nitrogens with one attached hydrogen (secondary N) is 2. The van der Waals surface area contributed by atoms with Crippen molar-refractivity contribution in [2.45, 2.75) is 39.8 Å². The molecule has 0 aliphatic heterocycles. The molecule has 11 heteroatoms. The lowest BCUT2D eigenvalue weighted by Crippen LogP contribution is -2.39. The molecule has 198 valence electrons. The van der Waals surface area contributed by atoms with Gasteiger partial charge in [-0.3, -0.25) is 19.3 Å². The molecule has 2 rings (SSSR count). The molecule has 0 bridgehead atoms. The number of nitrogens with zero attached hydrogens (tertiary/aromatic N) is 3. The van der Waals surface area contributed by atoms with Gasteiger partial charge in [0.25, 0.3) is 5.56 Å². The Labute approximate surface area is 219 Å². The lowest BCUT2D eigenvalue weighted by Gasteiger charge is -2.21. The molecule has 2 heterocycles. The van der Waals surface area contributed by atoms with Crippen LogP contribution in [0.4, 0.5) is 8.78 Å². The van der Waals surface area contributed by atoms with Crippen molar-refractivity contribution in [3.8, 4) is 5.75 Å². The number of rotatable bonds is 12. The Balaban J connectivity index is 2.22. The smallest absolute Gasteiger partial charge is 0.277 e. The Morgan fingerprint density at radius 2 is 2.11 bits per heavy atom. The zero-order valence-electron chi connectivity index (χ0n) is 21.1. The van der Waals surface area contributed by atoms with E-state index in [-0.39, 0.29) is 41.9 Å². The van der Waals surface area contributed by atoms with Crippen molar-refractivity contribution in [3.05, 3.63) is 87.2 Å². The number of hydrogen-bond donors (Lipinski definition) is 3. The molecule has 0 saturated heterocycles. The number of ether oxygens (including phenoxy) is 1. The van der Waals surface area contributed by atoms with Gasteiger partial charge >= 0.3 is 0 Å². The van der Waals surface area contributed by atoms with Gasteiger partial charge in [0.15, 0.2) is 5.82 Å². The maximum Gasteiger partial charge on any atom is 0.277 e. The third-order valence-corrected chi connectivity index (χ3v) is 5.43. The molecule has 3 N–H and O–H groups in total. The first kappa shape index (κ1) is 29.6. The van der Waals surface area contributed by atoms with Crippen LogP contribution in [0, 0.1) is 24.0 Å². The highest BCUT2D eigenvalue weighted by atomic mass is 35.5. The second-order valence-corrected chi connectivity index (χ2v) is 9.14. The molecule has 37 heavy (non-hydrogen) atoms. The molecule has 0 unspecified atom stereocenters. The molecule has 0 atom stereocenters. The number of hydrogen-bond acceptors (Lipinski definition) is 7. The molecule has 0 saturated carbocycles. The lowest BCUT2D eigenvalue weighted by molar-refractivity contribution is 0.202. The van der Waals surface area contributed by atoms with Gasteiger partial charge in [-0.1, -0.05) is 18.2 Å². The van der Waals surface area contributed by atoms with Gasteiger partial charge in [-0.05, 0) is 51.6 Å². The summed E-state index contributed by atoms with van der Waals surface area (Å²) in [6.45, 7) is 10.5. The van der Waals surface area contributed by atoms with Crippen LogP contribution in [0.3, 0.4) is 0 Å². The fraction of sp³-hybridized carbons (Fsp3) is 0.308. The first-order chi connectivity index (χ1) is 17.4. The number of allylic oxidation sites excluding steroid dienone is 3.